The first kappa shape index (κ1) is 19.8. The topological polar surface area (TPSA) is 38.3 Å². The summed E-state index contributed by atoms with van der Waals surface area (Å²) in [5.74, 6) is -11.3. The van der Waals surface area contributed by atoms with Crippen LogP contribution in [0.4, 0.5) is 36.4 Å². The number of hydrogen-bond acceptors (Lipinski definition) is 2. The summed E-state index contributed by atoms with van der Waals surface area (Å²) in [7, 11) is 0.739. The van der Waals surface area contributed by atoms with Crippen LogP contribution in [0.1, 0.15) is 15.9 Å². The number of hydrogen-bond donors (Lipinski definition) is 1. The molecule has 0 bridgehead atoms. The van der Waals surface area contributed by atoms with Crippen molar-refractivity contribution in [1.29, 1.82) is 0 Å². The number of alkyl halides is 3. The van der Waals surface area contributed by atoms with Gasteiger partial charge in [-0.3, -0.25) is 4.79 Å². The molecule has 26 heavy (non-hydrogen) atoms. The molecule has 0 aliphatic rings. The van der Waals surface area contributed by atoms with E-state index in [4.69, 9.17) is 11.6 Å². The average Bonchev–Trinajstić information content (AvgIpc) is 2.55. The predicted molar refractivity (Wildman–Crippen MR) is 77.2 cm³/mol. The standard InChI is InChI=1S/C15H7ClF7NO2/c1-26-13-11(19)9(17)8(10(18)12(13)20)14(25)24-7-4-5(15(21,22)23)2-3-6(7)16/h2-4H,1H3,(H,24,25). The van der Waals surface area contributed by atoms with Crippen molar-refractivity contribution in [2.45, 2.75) is 6.18 Å². The first-order valence-corrected chi connectivity index (χ1v) is 6.94. The van der Waals surface area contributed by atoms with Gasteiger partial charge >= 0.3 is 6.18 Å². The molecule has 11 heteroatoms. The van der Waals surface area contributed by atoms with Crippen LogP contribution in [0.15, 0.2) is 18.2 Å². The number of carbonyl (C=O) groups excluding carboxylic acids is 1. The Labute approximate surface area is 146 Å². The number of carbonyl (C=O) groups is 1. The van der Waals surface area contributed by atoms with Crippen molar-refractivity contribution in [3.8, 4) is 5.75 Å². The lowest BCUT2D eigenvalue weighted by Crippen LogP contribution is -2.19. The van der Waals surface area contributed by atoms with Gasteiger partial charge in [-0.2, -0.15) is 22.0 Å². The molecule has 3 nitrogen and oxygen atoms in total. The highest BCUT2D eigenvalue weighted by molar-refractivity contribution is 6.34. The van der Waals surface area contributed by atoms with Crippen LogP contribution in [0.3, 0.4) is 0 Å². The second-order valence-corrected chi connectivity index (χ2v) is 5.22. The molecule has 140 valence electrons. The van der Waals surface area contributed by atoms with E-state index in [1.165, 1.54) is 0 Å². The number of benzene rings is 2. The monoisotopic (exact) mass is 401 g/mol. The third kappa shape index (κ3) is 3.55. The Morgan fingerprint density at radius 2 is 1.58 bits per heavy atom. The van der Waals surface area contributed by atoms with Crippen LogP contribution in [0.2, 0.25) is 5.02 Å². The molecule has 0 saturated carbocycles. The first-order valence-electron chi connectivity index (χ1n) is 6.57. The molecule has 2 aromatic carbocycles. The van der Waals surface area contributed by atoms with Crippen molar-refractivity contribution in [3.05, 3.63) is 57.6 Å². The summed E-state index contributed by atoms with van der Waals surface area (Å²) in [5, 5.41) is 1.29. The number of amides is 1. The minimum Gasteiger partial charge on any atom is -0.491 e. The molecule has 1 amide bonds. The van der Waals surface area contributed by atoms with Gasteiger partial charge in [0.15, 0.2) is 17.4 Å². The van der Waals surface area contributed by atoms with E-state index in [1.807, 2.05) is 0 Å². The fourth-order valence-corrected chi connectivity index (χ4v) is 2.14. The highest BCUT2D eigenvalue weighted by Gasteiger charge is 2.33. The molecular formula is C15H7ClF7NO2. The van der Waals surface area contributed by atoms with Crippen LogP contribution in [0, 0.1) is 23.3 Å². The van der Waals surface area contributed by atoms with Gasteiger partial charge in [-0.25, -0.2) is 8.78 Å². The second kappa shape index (κ2) is 7.02. The maximum absolute atomic E-state index is 13.9. The first-order chi connectivity index (χ1) is 12.0. The van der Waals surface area contributed by atoms with Crippen LogP contribution < -0.4 is 10.1 Å². The summed E-state index contributed by atoms with van der Waals surface area (Å²) in [6.45, 7) is 0. The van der Waals surface area contributed by atoms with E-state index in [9.17, 15) is 35.5 Å². The number of halogens is 8. The maximum Gasteiger partial charge on any atom is 0.416 e. The largest absolute Gasteiger partial charge is 0.491 e. The normalized spacial score (nSPS) is 11.4. The van der Waals surface area contributed by atoms with E-state index in [1.54, 1.807) is 5.32 Å². The SMILES string of the molecule is COc1c(F)c(F)c(C(=O)Nc2cc(C(F)(F)F)ccc2Cl)c(F)c1F. The van der Waals surface area contributed by atoms with Crippen LogP contribution >= 0.6 is 11.6 Å². The maximum atomic E-state index is 13.9. The van der Waals surface area contributed by atoms with Crippen molar-refractivity contribution in [2.75, 3.05) is 12.4 Å². The van der Waals surface area contributed by atoms with Crippen LogP contribution in [0.5, 0.6) is 5.75 Å². The number of anilines is 1. The molecule has 0 unspecified atom stereocenters. The van der Waals surface area contributed by atoms with E-state index in [0.29, 0.717) is 12.1 Å². The molecule has 0 atom stereocenters. The van der Waals surface area contributed by atoms with E-state index < -0.39 is 62.9 Å². The molecule has 0 radical (unpaired) electrons. The summed E-state index contributed by atoms with van der Waals surface area (Å²) >= 11 is 5.63. The predicted octanol–water partition coefficient (Wildman–Crippen LogP) is 5.18. The number of ether oxygens (including phenoxy) is 1. The Bertz CT molecular complexity index is 854. The van der Waals surface area contributed by atoms with Crippen molar-refractivity contribution in [2.24, 2.45) is 0 Å². The van der Waals surface area contributed by atoms with Crippen LogP contribution in [-0.2, 0) is 6.18 Å². The van der Waals surface area contributed by atoms with E-state index in [-0.39, 0.29) is 0 Å². The van der Waals surface area contributed by atoms with Crippen molar-refractivity contribution in [3.63, 3.8) is 0 Å². The van der Waals surface area contributed by atoms with Gasteiger partial charge in [0.1, 0.15) is 5.56 Å². The van der Waals surface area contributed by atoms with Gasteiger partial charge in [-0.1, -0.05) is 11.6 Å². The zero-order chi connectivity index (χ0) is 19.8. The third-order valence-electron chi connectivity index (χ3n) is 3.20. The van der Waals surface area contributed by atoms with Crippen LogP contribution in [0.25, 0.3) is 0 Å². The summed E-state index contributed by atoms with van der Waals surface area (Å²) in [6, 6.07) is 1.78. The lowest BCUT2D eigenvalue weighted by atomic mass is 10.1. The van der Waals surface area contributed by atoms with Crippen molar-refractivity contribution in [1.82, 2.24) is 0 Å². The van der Waals surface area contributed by atoms with Gasteiger partial charge in [0.25, 0.3) is 5.91 Å². The van der Waals surface area contributed by atoms with Gasteiger partial charge in [0.05, 0.1) is 23.4 Å². The van der Waals surface area contributed by atoms with E-state index >= 15 is 0 Å². The van der Waals surface area contributed by atoms with E-state index in [0.717, 1.165) is 13.2 Å². The fourth-order valence-electron chi connectivity index (χ4n) is 1.97. The lowest BCUT2D eigenvalue weighted by molar-refractivity contribution is -0.137. The van der Waals surface area contributed by atoms with Gasteiger partial charge in [-0.05, 0) is 18.2 Å². The van der Waals surface area contributed by atoms with E-state index in [2.05, 4.69) is 4.74 Å². The van der Waals surface area contributed by atoms with Gasteiger partial charge < -0.3 is 10.1 Å². The smallest absolute Gasteiger partial charge is 0.416 e. The Kier molecular flexibility index (Phi) is 5.36. The highest BCUT2D eigenvalue weighted by atomic mass is 35.5. The minimum atomic E-state index is -4.79. The molecule has 0 saturated heterocycles. The third-order valence-corrected chi connectivity index (χ3v) is 3.53. The Balaban J connectivity index is 2.50. The van der Waals surface area contributed by atoms with Crippen molar-refractivity contribution >= 4 is 23.2 Å². The zero-order valence-corrected chi connectivity index (χ0v) is 13.3. The summed E-state index contributed by atoms with van der Waals surface area (Å²) < 4.78 is 97.3. The van der Waals surface area contributed by atoms with Crippen LogP contribution in [-0.4, -0.2) is 13.0 Å². The fraction of sp³-hybridized carbons (Fsp3) is 0.133. The molecule has 2 aromatic rings. The number of nitrogens with one attached hydrogen (secondary N) is 1. The summed E-state index contributed by atoms with van der Waals surface area (Å²) in [6.07, 6.45) is -4.79. The second-order valence-electron chi connectivity index (χ2n) is 4.81. The summed E-state index contributed by atoms with van der Waals surface area (Å²) in [4.78, 5) is 12.0. The molecule has 0 heterocycles. The van der Waals surface area contributed by atoms with Gasteiger partial charge in [0.2, 0.25) is 11.6 Å². The van der Waals surface area contributed by atoms with Gasteiger partial charge in [-0.15, -0.1) is 0 Å². The minimum absolute atomic E-state index is 0.395. The Morgan fingerprint density at radius 1 is 1.04 bits per heavy atom. The van der Waals surface area contributed by atoms with Crippen molar-refractivity contribution < 1.29 is 40.3 Å². The molecular weight excluding hydrogens is 395 g/mol. The molecule has 0 spiro atoms. The molecule has 0 aliphatic carbocycles. The quantitative estimate of drug-likeness (QED) is 0.569. The lowest BCUT2D eigenvalue weighted by Gasteiger charge is -2.13. The number of rotatable bonds is 3. The van der Waals surface area contributed by atoms with Gasteiger partial charge in [0, 0.05) is 0 Å². The average molecular weight is 402 g/mol. The molecule has 0 aromatic heterocycles. The molecule has 1 N–H and O–H groups in total. The number of methoxy groups -OCH3 is 1. The Hall–Kier alpha value is -2.49. The Morgan fingerprint density at radius 3 is 2.04 bits per heavy atom. The highest BCUT2D eigenvalue weighted by Crippen LogP contribution is 2.35. The molecule has 0 fully saturated rings. The molecule has 2 rings (SSSR count). The zero-order valence-electron chi connectivity index (χ0n) is 12.6. The summed E-state index contributed by atoms with van der Waals surface area (Å²) in [5.41, 5.74) is -3.57. The molecule has 0 aliphatic heterocycles.